The van der Waals surface area contributed by atoms with Crippen LogP contribution >= 0.6 is 0 Å². The van der Waals surface area contributed by atoms with E-state index < -0.39 is 6.09 Å². The second-order valence-corrected chi connectivity index (χ2v) is 5.49. The summed E-state index contributed by atoms with van der Waals surface area (Å²) in [5, 5.41) is 6.51. The number of benzene rings is 3. The predicted molar refractivity (Wildman–Crippen MR) is 101 cm³/mol. The average Bonchev–Trinajstić information content (AvgIpc) is 2.68. The van der Waals surface area contributed by atoms with E-state index in [0.717, 1.165) is 16.7 Å². The van der Waals surface area contributed by atoms with Gasteiger partial charge in [0, 0.05) is 5.69 Å². The van der Waals surface area contributed by atoms with E-state index in [2.05, 4.69) is 22.6 Å². The zero-order valence-corrected chi connectivity index (χ0v) is 13.8. The van der Waals surface area contributed by atoms with E-state index in [1.807, 2.05) is 60.7 Å². The van der Waals surface area contributed by atoms with Crippen molar-refractivity contribution in [2.75, 3.05) is 5.32 Å². The molecule has 0 saturated heterocycles. The van der Waals surface area contributed by atoms with Crippen molar-refractivity contribution in [3.8, 4) is 11.1 Å². The minimum atomic E-state index is -0.619. The summed E-state index contributed by atoms with van der Waals surface area (Å²) < 4.78 is 0. The van der Waals surface area contributed by atoms with Crippen LogP contribution in [0.15, 0.2) is 90.1 Å². The van der Waals surface area contributed by atoms with E-state index in [-0.39, 0.29) is 0 Å². The van der Waals surface area contributed by atoms with Gasteiger partial charge >= 0.3 is 6.09 Å². The lowest BCUT2D eigenvalue weighted by Gasteiger charge is -2.05. The molecule has 0 spiro atoms. The molecule has 0 fully saturated rings. The standard InChI is InChI=1S/C21H18N2O2/c1-16(23-25-21(24)22-20-10-6-3-7-11-20)17-12-14-19(15-13-17)18-8-4-2-5-9-18/h2-15H,1H3,(H,22,24)/b23-16+. The Morgan fingerprint density at radius 3 is 2.00 bits per heavy atom. The molecule has 0 aliphatic carbocycles. The van der Waals surface area contributed by atoms with Gasteiger partial charge in [-0.2, -0.15) is 0 Å². The molecule has 0 saturated carbocycles. The van der Waals surface area contributed by atoms with E-state index in [0.29, 0.717) is 11.4 Å². The summed E-state index contributed by atoms with van der Waals surface area (Å²) in [4.78, 5) is 16.7. The molecule has 0 atom stereocenters. The Hall–Kier alpha value is -3.40. The summed E-state index contributed by atoms with van der Waals surface area (Å²) >= 11 is 0. The topological polar surface area (TPSA) is 50.7 Å². The number of nitrogens with zero attached hydrogens (tertiary/aromatic N) is 1. The number of carbonyl (C=O) groups excluding carboxylic acids is 1. The van der Waals surface area contributed by atoms with Crippen molar-refractivity contribution in [2.45, 2.75) is 6.92 Å². The second kappa shape index (κ2) is 7.93. The van der Waals surface area contributed by atoms with Gasteiger partial charge in [0.05, 0.1) is 5.71 Å². The molecule has 0 aliphatic rings. The van der Waals surface area contributed by atoms with Crippen LogP contribution in [0.4, 0.5) is 10.5 Å². The number of hydrogen-bond donors (Lipinski definition) is 1. The maximum absolute atomic E-state index is 11.7. The van der Waals surface area contributed by atoms with Crippen LogP contribution in [-0.4, -0.2) is 11.8 Å². The summed E-state index contributed by atoms with van der Waals surface area (Å²) in [7, 11) is 0. The first kappa shape index (κ1) is 16.5. The molecule has 0 aromatic heterocycles. The third-order valence-corrected chi connectivity index (χ3v) is 3.70. The fraction of sp³-hybridized carbons (Fsp3) is 0.0476. The Morgan fingerprint density at radius 1 is 0.800 bits per heavy atom. The van der Waals surface area contributed by atoms with E-state index in [4.69, 9.17) is 4.84 Å². The highest BCUT2D eigenvalue weighted by molar-refractivity contribution is 5.99. The minimum absolute atomic E-state index is 0.619. The van der Waals surface area contributed by atoms with Crippen LogP contribution in [0.1, 0.15) is 12.5 Å². The monoisotopic (exact) mass is 330 g/mol. The van der Waals surface area contributed by atoms with Crippen molar-refractivity contribution < 1.29 is 9.63 Å². The van der Waals surface area contributed by atoms with E-state index in [1.54, 1.807) is 19.1 Å². The summed E-state index contributed by atoms with van der Waals surface area (Å²) in [5.41, 5.74) is 4.46. The van der Waals surface area contributed by atoms with Gasteiger partial charge < -0.3 is 0 Å². The van der Waals surface area contributed by atoms with Gasteiger partial charge in [-0.15, -0.1) is 0 Å². The number of amides is 1. The predicted octanol–water partition coefficient (Wildman–Crippen LogP) is 5.33. The van der Waals surface area contributed by atoms with Gasteiger partial charge in [0.25, 0.3) is 0 Å². The molecule has 4 nitrogen and oxygen atoms in total. The van der Waals surface area contributed by atoms with Crippen LogP contribution in [0.25, 0.3) is 11.1 Å². The number of nitrogens with one attached hydrogen (secondary N) is 1. The maximum atomic E-state index is 11.7. The highest BCUT2D eigenvalue weighted by Gasteiger charge is 2.04. The molecular formula is C21H18N2O2. The number of hydrogen-bond acceptors (Lipinski definition) is 3. The molecule has 124 valence electrons. The zero-order chi connectivity index (χ0) is 17.5. The van der Waals surface area contributed by atoms with Crippen LogP contribution in [0.3, 0.4) is 0 Å². The molecule has 25 heavy (non-hydrogen) atoms. The molecule has 0 radical (unpaired) electrons. The molecule has 3 aromatic carbocycles. The minimum Gasteiger partial charge on any atom is -0.298 e. The van der Waals surface area contributed by atoms with Gasteiger partial charge in [0.1, 0.15) is 0 Å². The van der Waals surface area contributed by atoms with Gasteiger partial charge in [-0.3, -0.25) is 10.2 Å². The van der Waals surface area contributed by atoms with Gasteiger partial charge in [0.2, 0.25) is 0 Å². The summed E-state index contributed by atoms with van der Waals surface area (Å²) in [6, 6.07) is 27.2. The van der Waals surface area contributed by atoms with Crippen molar-refractivity contribution in [3.05, 3.63) is 90.5 Å². The second-order valence-electron chi connectivity index (χ2n) is 5.49. The summed E-state index contributed by atoms with van der Waals surface area (Å²) in [6.07, 6.45) is -0.619. The molecule has 1 amide bonds. The summed E-state index contributed by atoms with van der Waals surface area (Å²) in [6.45, 7) is 1.80. The molecular weight excluding hydrogens is 312 g/mol. The maximum Gasteiger partial charge on any atom is 0.437 e. The first-order valence-corrected chi connectivity index (χ1v) is 7.96. The van der Waals surface area contributed by atoms with Crippen LogP contribution in [0.5, 0.6) is 0 Å². The molecule has 0 unspecified atom stereocenters. The number of rotatable bonds is 4. The zero-order valence-electron chi connectivity index (χ0n) is 13.8. The van der Waals surface area contributed by atoms with Crippen molar-refractivity contribution >= 4 is 17.5 Å². The smallest absolute Gasteiger partial charge is 0.298 e. The van der Waals surface area contributed by atoms with Crippen molar-refractivity contribution in [1.82, 2.24) is 0 Å². The Kier molecular flexibility index (Phi) is 5.22. The van der Waals surface area contributed by atoms with Crippen molar-refractivity contribution in [3.63, 3.8) is 0 Å². The normalized spacial score (nSPS) is 11.0. The fourth-order valence-electron chi connectivity index (χ4n) is 2.36. The number of para-hydroxylation sites is 1. The van der Waals surface area contributed by atoms with Gasteiger partial charge in [-0.05, 0) is 35.7 Å². The molecule has 1 N–H and O–H groups in total. The highest BCUT2D eigenvalue weighted by atomic mass is 16.7. The van der Waals surface area contributed by atoms with Crippen LogP contribution in [0.2, 0.25) is 0 Å². The first-order valence-electron chi connectivity index (χ1n) is 7.96. The van der Waals surface area contributed by atoms with E-state index in [9.17, 15) is 4.79 Å². The third kappa shape index (κ3) is 4.54. The quantitative estimate of drug-likeness (QED) is 0.399. The van der Waals surface area contributed by atoms with Gasteiger partial charge in [-0.25, -0.2) is 4.79 Å². The van der Waals surface area contributed by atoms with E-state index in [1.165, 1.54) is 0 Å². The Labute approximate surface area is 146 Å². The average molecular weight is 330 g/mol. The molecule has 4 heteroatoms. The highest BCUT2D eigenvalue weighted by Crippen LogP contribution is 2.19. The molecule has 3 rings (SSSR count). The molecule has 3 aromatic rings. The summed E-state index contributed by atoms with van der Waals surface area (Å²) in [5.74, 6) is 0. The SMILES string of the molecule is C/C(=N\OC(=O)Nc1ccccc1)c1ccc(-c2ccccc2)cc1. The molecule has 0 heterocycles. The lowest BCUT2D eigenvalue weighted by molar-refractivity contribution is 0.166. The molecule has 0 bridgehead atoms. The van der Waals surface area contributed by atoms with Crippen molar-refractivity contribution in [2.24, 2.45) is 5.16 Å². The Balaban J connectivity index is 1.63. The third-order valence-electron chi connectivity index (χ3n) is 3.70. The fourth-order valence-corrected chi connectivity index (χ4v) is 2.36. The van der Waals surface area contributed by atoms with Crippen LogP contribution < -0.4 is 5.32 Å². The lowest BCUT2D eigenvalue weighted by atomic mass is 10.0. The number of carbonyl (C=O) groups is 1. The Bertz CT molecular complexity index is 857. The lowest BCUT2D eigenvalue weighted by Crippen LogP contribution is -2.11. The Morgan fingerprint density at radius 2 is 1.36 bits per heavy atom. The van der Waals surface area contributed by atoms with Gasteiger partial charge in [0.15, 0.2) is 0 Å². The first-order chi connectivity index (χ1) is 12.2. The van der Waals surface area contributed by atoms with Crippen molar-refractivity contribution in [1.29, 1.82) is 0 Å². The number of anilines is 1. The van der Waals surface area contributed by atoms with Crippen LogP contribution in [0, 0.1) is 0 Å². The number of oxime groups is 1. The largest absolute Gasteiger partial charge is 0.437 e. The van der Waals surface area contributed by atoms with Crippen LogP contribution in [-0.2, 0) is 4.84 Å². The van der Waals surface area contributed by atoms with Gasteiger partial charge in [-0.1, -0.05) is 78.0 Å². The van der Waals surface area contributed by atoms with E-state index >= 15 is 0 Å². The molecule has 0 aliphatic heterocycles.